The zero-order valence-corrected chi connectivity index (χ0v) is 15.2. The van der Waals surface area contributed by atoms with Gasteiger partial charge in [0, 0.05) is 38.8 Å². The summed E-state index contributed by atoms with van der Waals surface area (Å²) in [5.74, 6) is 0.00828. The molecule has 1 fully saturated rings. The van der Waals surface area contributed by atoms with Crippen molar-refractivity contribution >= 4 is 5.91 Å². The second-order valence-electron chi connectivity index (χ2n) is 7.04. The molecule has 1 aromatic carbocycles. The van der Waals surface area contributed by atoms with Gasteiger partial charge >= 0.3 is 0 Å². The third-order valence-electron chi connectivity index (χ3n) is 4.90. The van der Waals surface area contributed by atoms with E-state index in [0.29, 0.717) is 19.7 Å². The topological polar surface area (TPSA) is 53.0 Å². The molecule has 134 valence electrons. The number of hydrogen-bond acceptors (Lipinski definition) is 4. The minimum Gasteiger partial charge on any atom is -0.385 e. The molecule has 1 aliphatic heterocycles. The summed E-state index contributed by atoms with van der Waals surface area (Å²) in [6.45, 7) is 8.95. The summed E-state index contributed by atoms with van der Waals surface area (Å²) in [7, 11) is 1.71. The molecule has 0 spiro atoms. The quantitative estimate of drug-likeness (QED) is 0.863. The second-order valence-corrected chi connectivity index (χ2v) is 7.04. The van der Waals surface area contributed by atoms with Crippen molar-refractivity contribution in [2.75, 3.05) is 33.4 Å². The molecule has 1 amide bonds. The van der Waals surface area contributed by atoms with E-state index in [0.717, 1.165) is 12.1 Å². The lowest BCUT2D eigenvalue weighted by molar-refractivity contribution is -0.140. The summed E-state index contributed by atoms with van der Waals surface area (Å²) in [5.41, 5.74) is -0.365. The smallest absolute Gasteiger partial charge is 0.225 e. The maximum Gasteiger partial charge on any atom is 0.225 e. The van der Waals surface area contributed by atoms with Crippen LogP contribution >= 0.6 is 0 Å². The van der Waals surface area contributed by atoms with Crippen LogP contribution in [0.2, 0.25) is 0 Å². The lowest BCUT2D eigenvalue weighted by Gasteiger charge is -2.45. The van der Waals surface area contributed by atoms with Gasteiger partial charge in [-0.05, 0) is 26.3 Å². The fourth-order valence-electron chi connectivity index (χ4n) is 3.50. The van der Waals surface area contributed by atoms with Crippen molar-refractivity contribution < 1.29 is 14.6 Å². The van der Waals surface area contributed by atoms with E-state index in [2.05, 4.69) is 18.7 Å². The Morgan fingerprint density at radius 2 is 1.83 bits per heavy atom. The van der Waals surface area contributed by atoms with Gasteiger partial charge in [-0.3, -0.25) is 9.69 Å². The fourth-order valence-corrected chi connectivity index (χ4v) is 3.50. The third kappa shape index (κ3) is 4.56. The molecule has 2 rings (SSSR count). The molecule has 1 N–H and O–H groups in total. The molecule has 0 aromatic heterocycles. The Kier molecular flexibility index (Phi) is 6.38. The highest BCUT2D eigenvalue weighted by Crippen LogP contribution is 2.26. The Hall–Kier alpha value is -1.43. The van der Waals surface area contributed by atoms with Crippen LogP contribution in [0.25, 0.3) is 0 Å². The first kappa shape index (κ1) is 18.9. The number of methoxy groups -OCH3 is 1. The number of nitrogens with zero attached hydrogens (tertiary/aromatic N) is 2. The van der Waals surface area contributed by atoms with Gasteiger partial charge in [-0.1, -0.05) is 30.3 Å². The lowest BCUT2D eigenvalue weighted by Crippen LogP contribution is -2.59. The Bertz CT molecular complexity index is 521. The minimum atomic E-state index is -1.14. The van der Waals surface area contributed by atoms with Gasteiger partial charge in [0.05, 0.1) is 18.6 Å². The zero-order valence-electron chi connectivity index (χ0n) is 15.2. The Balaban J connectivity index is 1.98. The van der Waals surface area contributed by atoms with Crippen LogP contribution in [0.4, 0.5) is 0 Å². The standard InChI is InChI=1S/C19H30N2O3/c1-15-13-20(14-16(2)21(15)10-11-24-4)18(22)12-19(3,23)17-8-6-5-7-9-17/h5-9,15-16,23H,10-14H2,1-4H3/t15-,16+,19-/m1/s1. The SMILES string of the molecule is COCCN1[C@H](C)CN(C(=O)C[C@@](C)(O)c2ccccc2)C[C@@H]1C. The number of rotatable bonds is 6. The normalized spacial score (nSPS) is 24.6. The number of aliphatic hydroxyl groups is 1. The van der Waals surface area contributed by atoms with Crippen molar-refractivity contribution in [3.05, 3.63) is 35.9 Å². The Morgan fingerprint density at radius 3 is 2.38 bits per heavy atom. The second kappa shape index (κ2) is 8.10. The van der Waals surface area contributed by atoms with Crippen LogP contribution in [0.1, 0.15) is 32.8 Å². The van der Waals surface area contributed by atoms with Gasteiger partial charge in [0.15, 0.2) is 0 Å². The first-order valence-electron chi connectivity index (χ1n) is 8.65. The van der Waals surface area contributed by atoms with Crippen molar-refractivity contribution in [1.29, 1.82) is 0 Å². The average molecular weight is 334 g/mol. The Labute approximate surface area is 145 Å². The van der Waals surface area contributed by atoms with Crippen molar-refractivity contribution in [3.8, 4) is 0 Å². The van der Waals surface area contributed by atoms with Gasteiger partial charge in [0.25, 0.3) is 0 Å². The van der Waals surface area contributed by atoms with Gasteiger partial charge in [-0.25, -0.2) is 0 Å². The molecule has 1 aromatic rings. The number of hydrogen-bond donors (Lipinski definition) is 1. The molecule has 0 aliphatic carbocycles. The monoisotopic (exact) mass is 334 g/mol. The van der Waals surface area contributed by atoms with Crippen LogP contribution < -0.4 is 0 Å². The molecule has 24 heavy (non-hydrogen) atoms. The van der Waals surface area contributed by atoms with Crippen molar-refractivity contribution in [1.82, 2.24) is 9.80 Å². The number of carbonyl (C=O) groups excluding carboxylic acids is 1. The van der Waals surface area contributed by atoms with E-state index in [1.54, 1.807) is 14.0 Å². The molecule has 0 radical (unpaired) electrons. The van der Waals surface area contributed by atoms with E-state index in [-0.39, 0.29) is 24.4 Å². The summed E-state index contributed by atoms with van der Waals surface area (Å²) in [6, 6.07) is 9.97. The summed E-state index contributed by atoms with van der Waals surface area (Å²) in [4.78, 5) is 17.0. The highest BCUT2D eigenvalue weighted by Gasteiger charge is 2.34. The predicted molar refractivity (Wildman–Crippen MR) is 94.7 cm³/mol. The van der Waals surface area contributed by atoms with Crippen molar-refractivity contribution in [3.63, 3.8) is 0 Å². The van der Waals surface area contributed by atoms with Gasteiger partial charge in [0.2, 0.25) is 5.91 Å². The van der Waals surface area contributed by atoms with E-state index >= 15 is 0 Å². The Morgan fingerprint density at radius 1 is 1.25 bits per heavy atom. The summed E-state index contributed by atoms with van der Waals surface area (Å²) in [6.07, 6.45) is 0.106. The zero-order chi connectivity index (χ0) is 17.7. The molecule has 0 bridgehead atoms. The maximum absolute atomic E-state index is 12.7. The fraction of sp³-hybridized carbons (Fsp3) is 0.632. The molecular weight excluding hydrogens is 304 g/mol. The molecule has 3 atom stereocenters. The number of amides is 1. The number of carbonyl (C=O) groups is 1. The van der Waals surface area contributed by atoms with Crippen LogP contribution in [0.5, 0.6) is 0 Å². The van der Waals surface area contributed by atoms with E-state index in [4.69, 9.17) is 4.74 Å². The minimum absolute atomic E-state index is 0.00828. The molecule has 1 saturated heterocycles. The number of ether oxygens (including phenoxy) is 1. The van der Waals surface area contributed by atoms with E-state index < -0.39 is 5.60 Å². The van der Waals surface area contributed by atoms with Crippen LogP contribution in [-0.4, -0.2) is 66.2 Å². The van der Waals surface area contributed by atoms with E-state index in [1.807, 2.05) is 35.2 Å². The van der Waals surface area contributed by atoms with Crippen LogP contribution in [0.3, 0.4) is 0 Å². The van der Waals surface area contributed by atoms with Crippen LogP contribution in [-0.2, 0) is 15.1 Å². The summed E-state index contributed by atoms with van der Waals surface area (Å²) < 4.78 is 5.18. The van der Waals surface area contributed by atoms with Gasteiger partial charge in [0.1, 0.15) is 0 Å². The molecule has 5 heteroatoms. The van der Waals surface area contributed by atoms with Crippen molar-refractivity contribution in [2.24, 2.45) is 0 Å². The first-order chi connectivity index (χ1) is 11.3. The molecule has 0 saturated carbocycles. The van der Waals surface area contributed by atoms with Crippen LogP contribution in [0, 0.1) is 0 Å². The highest BCUT2D eigenvalue weighted by molar-refractivity contribution is 5.77. The molecule has 5 nitrogen and oxygen atoms in total. The number of benzene rings is 1. The highest BCUT2D eigenvalue weighted by atomic mass is 16.5. The van der Waals surface area contributed by atoms with Crippen molar-refractivity contribution in [2.45, 2.75) is 44.9 Å². The lowest BCUT2D eigenvalue weighted by atomic mass is 9.91. The largest absolute Gasteiger partial charge is 0.385 e. The molecule has 1 aliphatic rings. The van der Waals surface area contributed by atoms with E-state index in [9.17, 15) is 9.90 Å². The first-order valence-corrected chi connectivity index (χ1v) is 8.65. The molecule has 1 heterocycles. The number of piperazine rings is 1. The van der Waals surface area contributed by atoms with Crippen LogP contribution in [0.15, 0.2) is 30.3 Å². The van der Waals surface area contributed by atoms with E-state index in [1.165, 1.54) is 0 Å². The third-order valence-corrected chi connectivity index (χ3v) is 4.90. The van der Waals surface area contributed by atoms with Gasteiger partial charge in [-0.2, -0.15) is 0 Å². The maximum atomic E-state index is 12.7. The molecular formula is C19H30N2O3. The summed E-state index contributed by atoms with van der Waals surface area (Å²) >= 11 is 0. The summed E-state index contributed by atoms with van der Waals surface area (Å²) in [5, 5.41) is 10.7. The molecule has 0 unspecified atom stereocenters. The average Bonchev–Trinajstić information content (AvgIpc) is 2.54. The predicted octanol–water partition coefficient (Wildman–Crippen LogP) is 1.85. The van der Waals surface area contributed by atoms with Gasteiger partial charge in [-0.15, -0.1) is 0 Å². The van der Waals surface area contributed by atoms with Gasteiger partial charge < -0.3 is 14.7 Å².